The molecule has 0 aliphatic carbocycles. The zero-order valence-corrected chi connectivity index (χ0v) is 20.9. The van der Waals surface area contributed by atoms with Crippen molar-refractivity contribution in [2.24, 2.45) is 0 Å². The van der Waals surface area contributed by atoms with E-state index in [0.29, 0.717) is 38.8 Å². The van der Waals surface area contributed by atoms with Crippen LogP contribution in [0.4, 0.5) is 17.7 Å². The predicted molar refractivity (Wildman–Crippen MR) is 130 cm³/mol. The van der Waals surface area contributed by atoms with Crippen molar-refractivity contribution in [3.05, 3.63) is 18.0 Å². The van der Waals surface area contributed by atoms with E-state index < -0.39 is 15.3 Å². The fourth-order valence-electron chi connectivity index (χ4n) is 4.98. The van der Waals surface area contributed by atoms with E-state index in [-0.39, 0.29) is 17.5 Å². The lowest BCUT2D eigenvalue weighted by Crippen LogP contribution is -2.70. The minimum absolute atomic E-state index is 0.142. The van der Waals surface area contributed by atoms with E-state index in [9.17, 15) is 8.42 Å². The lowest BCUT2D eigenvalue weighted by Gasteiger charge is -2.53. The lowest BCUT2D eigenvalue weighted by atomic mass is 9.93. The van der Waals surface area contributed by atoms with Gasteiger partial charge < -0.3 is 20.3 Å². The number of ether oxygens (including phenoxy) is 1. The molecule has 3 aliphatic heterocycles. The van der Waals surface area contributed by atoms with Gasteiger partial charge in [0, 0.05) is 49.7 Å². The molecular formula is C22H32N8O3S. The van der Waals surface area contributed by atoms with Crippen molar-refractivity contribution in [3.63, 3.8) is 0 Å². The van der Waals surface area contributed by atoms with Gasteiger partial charge in [0.15, 0.2) is 0 Å². The number of nitrogen functional groups attached to an aromatic ring is 1. The van der Waals surface area contributed by atoms with Crippen LogP contribution in [0, 0.1) is 0 Å². The second kappa shape index (κ2) is 8.28. The molecule has 0 unspecified atom stereocenters. The zero-order chi connectivity index (χ0) is 24.3. The first kappa shape index (κ1) is 23.2. The van der Waals surface area contributed by atoms with E-state index in [2.05, 4.69) is 33.6 Å². The molecule has 0 radical (unpaired) electrons. The number of morpholine rings is 1. The predicted octanol–water partition coefficient (Wildman–Crippen LogP) is 0.916. The third-order valence-electron chi connectivity index (χ3n) is 7.03. The first-order valence-corrected chi connectivity index (χ1v) is 13.2. The molecule has 2 aromatic rings. The van der Waals surface area contributed by atoms with E-state index in [1.54, 1.807) is 30.5 Å². The van der Waals surface area contributed by atoms with Gasteiger partial charge in [-0.1, -0.05) is 0 Å². The largest absolute Gasteiger partial charge is 0.377 e. The van der Waals surface area contributed by atoms with Crippen LogP contribution in [0.25, 0.3) is 11.3 Å². The van der Waals surface area contributed by atoms with E-state index >= 15 is 0 Å². The van der Waals surface area contributed by atoms with Gasteiger partial charge in [-0.05, 0) is 34.1 Å². The summed E-state index contributed by atoms with van der Waals surface area (Å²) >= 11 is 0. The normalized spacial score (nSPS) is 22.7. The average Bonchev–Trinajstić information content (AvgIpc) is 3.21. The fraction of sp³-hybridized carbons (Fsp3) is 0.636. The van der Waals surface area contributed by atoms with E-state index in [0.717, 1.165) is 35.6 Å². The summed E-state index contributed by atoms with van der Waals surface area (Å²) in [5.41, 5.74) is 8.01. The molecule has 0 saturated carbocycles. The van der Waals surface area contributed by atoms with Crippen LogP contribution >= 0.6 is 0 Å². The van der Waals surface area contributed by atoms with Crippen molar-refractivity contribution < 1.29 is 13.2 Å². The van der Waals surface area contributed by atoms with Gasteiger partial charge in [0.05, 0.1) is 35.7 Å². The highest BCUT2D eigenvalue weighted by molar-refractivity contribution is 7.89. The number of hydrogen-bond acceptors (Lipinski definition) is 10. The Bertz CT molecular complexity index is 1180. The first-order chi connectivity index (χ1) is 16.1. The molecule has 0 bridgehead atoms. The van der Waals surface area contributed by atoms with Crippen LogP contribution in [0.2, 0.25) is 0 Å². The summed E-state index contributed by atoms with van der Waals surface area (Å²) in [5.74, 6) is 1.72. The summed E-state index contributed by atoms with van der Waals surface area (Å²) in [4.78, 5) is 22.8. The highest BCUT2D eigenvalue weighted by atomic mass is 32.2. The monoisotopic (exact) mass is 488 g/mol. The SMILES string of the molecule is CC(C)S(=O)(=O)N1CC(C)(N2CCc3c(-c4cnc(N)nc4)nc(N4CCOC[C@@H]4C)nc32)C1. The molecule has 12 heteroatoms. The number of anilines is 3. The molecule has 0 aromatic carbocycles. The van der Waals surface area contributed by atoms with Crippen molar-refractivity contribution in [2.45, 2.75) is 50.9 Å². The molecule has 2 aromatic heterocycles. The quantitative estimate of drug-likeness (QED) is 0.648. The Morgan fingerprint density at radius 3 is 2.53 bits per heavy atom. The van der Waals surface area contributed by atoms with Gasteiger partial charge in [0.2, 0.25) is 21.9 Å². The number of rotatable bonds is 5. The number of hydrogen-bond donors (Lipinski definition) is 1. The molecule has 5 rings (SSSR count). The Kier molecular flexibility index (Phi) is 5.64. The molecule has 34 heavy (non-hydrogen) atoms. The Balaban J connectivity index is 1.55. The van der Waals surface area contributed by atoms with E-state index in [1.165, 1.54) is 0 Å². The van der Waals surface area contributed by atoms with Crippen LogP contribution in [-0.4, -0.2) is 88.9 Å². The van der Waals surface area contributed by atoms with Crippen LogP contribution in [0.15, 0.2) is 12.4 Å². The van der Waals surface area contributed by atoms with Crippen LogP contribution in [0.1, 0.15) is 33.3 Å². The van der Waals surface area contributed by atoms with E-state index in [4.69, 9.17) is 20.4 Å². The summed E-state index contributed by atoms with van der Waals surface area (Å²) in [6.07, 6.45) is 4.16. The summed E-state index contributed by atoms with van der Waals surface area (Å²) in [6, 6.07) is 0.142. The maximum absolute atomic E-state index is 12.7. The number of aromatic nitrogens is 4. The molecule has 1 atom stereocenters. The van der Waals surface area contributed by atoms with Gasteiger partial charge in [-0.15, -0.1) is 0 Å². The minimum Gasteiger partial charge on any atom is -0.377 e. The maximum Gasteiger partial charge on any atom is 0.228 e. The van der Waals surface area contributed by atoms with Crippen molar-refractivity contribution in [1.82, 2.24) is 24.2 Å². The van der Waals surface area contributed by atoms with Crippen molar-refractivity contribution >= 4 is 27.7 Å². The lowest BCUT2D eigenvalue weighted by molar-refractivity contribution is 0.0981. The number of fused-ring (bicyclic) bond motifs is 1. The topological polar surface area (TPSA) is 131 Å². The summed E-state index contributed by atoms with van der Waals surface area (Å²) in [7, 11) is -3.28. The maximum atomic E-state index is 12.7. The Morgan fingerprint density at radius 2 is 1.88 bits per heavy atom. The Hall–Kier alpha value is -2.57. The second-order valence-electron chi connectivity index (χ2n) is 9.88. The van der Waals surface area contributed by atoms with Gasteiger partial charge >= 0.3 is 0 Å². The molecule has 2 saturated heterocycles. The Labute approximate surface area is 200 Å². The van der Waals surface area contributed by atoms with Crippen LogP contribution in [0.3, 0.4) is 0 Å². The molecule has 5 heterocycles. The summed E-state index contributed by atoms with van der Waals surface area (Å²) in [5, 5.41) is -0.434. The standard InChI is InChI=1S/C22H32N8O3S/c1-14(2)34(31,32)28-12-22(4,13-28)30-6-5-17-18(16-9-24-20(23)25-10-16)26-21(27-19(17)30)29-7-8-33-11-15(29)3/h9-10,14-15H,5-8,11-13H2,1-4H3,(H2,23,24,25)/t15-/m0/s1. The van der Waals surface area contributed by atoms with Gasteiger partial charge in [0.1, 0.15) is 5.82 Å². The highest BCUT2D eigenvalue weighted by Crippen LogP contribution is 2.42. The van der Waals surface area contributed by atoms with Crippen LogP contribution < -0.4 is 15.5 Å². The molecular weight excluding hydrogens is 456 g/mol. The molecule has 0 amide bonds. The zero-order valence-electron chi connectivity index (χ0n) is 20.1. The first-order valence-electron chi connectivity index (χ1n) is 11.7. The van der Waals surface area contributed by atoms with Gasteiger partial charge in [-0.25, -0.2) is 23.4 Å². The van der Waals surface area contributed by atoms with Gasteiger partial charge in [-0.3, -0.25) is 0 Å². The number of nitrogens with zero attached hydrogens (tertiary/aromatic N) is 7. The highest BCUT2D eigenvalue weighted by Gasteiger charge is 2.51. The number of nitrogens with two attached hydrogens (primary N) is 1. The molecule has 2 N–H and O–H groups in total. The van der Waals surface area contributed by atoms with Gasteiger partial charge in [0.25, 0.3) is 0 Å². The molecule has 0 spiro atoms. The van der Waals surface area contributed by atoms with Crippen LogP contribution in [-0.2, 0) is 21.2 Å². The fourth-order valence-corrected chi connectivity index (χ4v) is 6.50. The third kappa shape index (κ3) is 3.77. The molecule has 2 fully saturated rings. The van der Waals surface area contributed by atoms with Crippen molar-refractivity contribution in [3.8, 4) is 11.3 Å². The molecule has 184 valence electrons. The molecule has 11 nitrogen and oxygen atoms in total. The summed E-state index contributed by atoms with van der Waals surface area (Å²) in [6.45, 7) is 11.2. The van der Waals surface area contributed by atoms with E-state index in [1.807, 2.05) is 0 Å². The molecule has 3 aliphatic rings. The smallest absolute Gasteiger partial charge is 0.228 e. The second-order valence-corrected chi connectivity index (χ2v) is 12.4. The Morgan fingerprint density at radius 1 is 1.18 bits per heavy atom. The minimum atomic E-state index is -3.28. The van der Waals surface area contributed by atoms with Gasteiger partial charge in [-0.2, -0.15) is 9.29 Å². The van der Waals surface area contributed by atoms with Crippen molar-refractivity contribution in [2.75, 3.05) is 54.9 Å². The third-order valence-corrected chi connectivity index (χ3v) is 9.19. The summed E-state index contributed by atoms with van der Waals surface area (Å²) < 4.78 is 32.5. The van der Waals surface area contributed by atoms with Crippen molar-refractivity contribution in [1.29, 1.82) is 0 Å². The number of sulfonamides is 1. The van der Waals surface area contributed by atoms with Crippen LogP contribution in [0.5, 0.6) is 0 Å². The average molecular weight is 489 g/mol.